The van der Waals surface area contributed by atoms with Gasteiger partial charge >= 0.3 is 5.97 Å². The molecule has 2 aromatic carbocycles. The fourth-order valence-corrected chi connectivity index (χ4v) is 2.77. The van der Waals surface area contributed by atoms with Gasteiger partial charge in [0.15, 0.2) is 6.61 Å². The van der Waals surface area contributed by atoms with Crippen molar-refractivity contribution in [3.05, 3.63) is 53.6 Å². The molecule has 1 aliphatic heterocycles. The van der Waals surface area contributed by atoms with Gasteiger partial charge in [0.25, 0.3) is 5.91 Å². The van der Waals surface area contributed by atoms with E-state index in [9.17, 15) is 9.59 Å². The first-order valence-corrected chi connectivity index (χ1v) is 8.62. The minimum atomic E-state index is -0.243. The van der Waals surface area contributed by atoms with Crippen molar-refractivity contribution >= 4 is 23.3 Å². The van der Waals surface area contributed by atoms with Crippen LogP contribution in [-0.2, 0) is 27.3 Å². The van der Waals surface area contributed by atoms with Crippen LogP contribution in [0.3, 0.4) is 0 Å². The molecule has 0 saturated carbocycles. The van der Waals surface area contributed by atoms with E-state index in [-0.39, 0.29) is 18.5 Å². The average Bonchev–Trinajstić information content (AvgIpc) is 2.63. The molecular weight excluding hydrogens is 332 g/mol. The van der Waals surface area contributed by atoms with Crippen molar-refractivity contribution in [2.75, 3.05) is 23.8 Å². The molecule has 0 saturated heterocycles. The Hall–Kier alpha value is -3.02. The Morgan fingerprint density at radius 1 is 1.23 bits per heavy atom. The molecule has 2 aromatic rings. The molecule has 1 amide bonds. The summed E-state index contributed by atoms with van der Waals surface area (Å²) in [5.74, 6) is 0.319. The van der Waals surface area contributed by atoms with Crippen LogP contribution in [0.5, 0.6) is 5.75 Å². The third-order valence-corrected chi connectivity index (χ3v) is 4.02. The van der Waals surface area contributed by atoms with Crippen LogP contribution in [0.2, 0.25) is 0 Å². The van der Waals surface area contributed by atoms with E-state index in [0.717, 1.165) is 24.1 Å². The molecule has 0 fully saturated rings. The number of carbonyl (C=O) groups excluding carboxylic acids is 2. The number of benzene rings is 2. The summed E-state index contributed by atoms with van der Waals surface area (Å²) in [7, 11) is 0. The molecule has 0 atom stereocenters. The third-order valence-electron chi connectivity index (χ3n) is 4.02. The number of fused-ring (bicyclic) bond motifs is 1. The molecule has 0 aromatic heterocycles. The molecule has 2 N–H and O–H groups in total. The Bertz CT molecular complexity index is 804. The first kappa shape index (κ1) is 17.8. The standard InChI is InChI=1S/C20H22N2O4/c1-14(23)25-9-3-5-15-4-2-6-17(10-15)21-12-16-7-8-19-18(11-16)22-20(24)13-26-19/h2,4,6-8,10-11,21H,3,5,9,12-13H2,1H3,(H,22,24). The van der Waals surface area contributed by atoms with Crippen molar-refractivity contribution in [3.63, 3.8) is 0 Å². The van der Waals surface area contributed by atoms with E-state index >= 15 is 0 Å². The molecule has 0 unspecified atom stereocenters. The summed E-state index contributed by atoms with van der Waals surface area (Å²) in [6.45, 7) is 2.56. The van der Waals surface area contributed by atoms with Crippen LogP contribution in [0, 0.1) is 0 Å². The van der Waals surface area contributed by atoms with Gasteiger partial charge in [-0.1, -0.05) is 18.2 Å². The monoisotopic (exact) mass is 354 g/mol. The third kappa shape index (κ3) is 4.99. The molecule has 0 spiro atoms. The summed E-state index contributed by atoms with van der Waals surface area (Å²) >= 11 is 0. The topological polar surface area (TPSA) is 76.7 Å². The highest BCUT2D eigenvalue weighted by Gasteiger charge is 2.15. The molecule has 0 radical (unpaired) electrons. The minimum absolute atomic E-state index is 0.0643. The van der Waals surface area contributed by atoms with Crippen molar-refractivity contribution in [2.45, 2.75) is 26.3 Å². The van der Waals surface area contributed by atoms with Gasteiger partial charge in [0, 0.05) is 19.2 Å². The van der Waals surface area contributed by atoms with Crippen LogP contribution in [0.1, 0.15) is 24.5 Å². The van der Waals surface area contributed by atoms with Gasteiger partial charge in [-0.15, -0.1) is 0 Å². The average molecular weight is 354 g/mol. The largest absolute Gasteiger partial charge is 0.482 e. The van der Waals surface area contributed by atoms with Crippen molar-refractivity contribution < 1.29 is 19.1 Å². The van der Waals surface area contributed by atoms with Crippen LogP contribution in [-0.4, -0.2) is 25.1 Å². The Morgan fingerprint density at radius 2 is 2.12 bits per heavy atom. The van der Waals surface area contributed by atoms with Gasteiger partial charge in [-0.3, -0.25) is 9.59 Å². The van der Waals surface area contributed by atoms with Crippen LogP contribution in [0.15, 0.2) is 42.5 Å². The molecule has 0 aliphatic carbocycles. The van der Waals surface area contributed by atoms with Crippen molar-refractivity contribution in [1.29, 1.82) is 0 Å². The number of anilines is 2. The summed E-state index contributed by atoms with van der Waals surface area (Å²) in [5.41, 5.74) is 3.97. The number of esters is 1. The van der Waals surface area contributed by atoms with Gasteiger partial charge in [0.2, 0.25) is 0 Å². The maximum Gasteiger partial charge on any atom is 0.302 e. The first-order valence-electron chi connectivity index (χ1n) is 8.62. The molecular formula is C20H22N2O4. The highest BCUT2D eigenvalue weighted by molar-refractivity contribution is 5.95. The molecule has 26 heavy (non-hydrogen) atoms. The lowest BCUT2D eigenvalue weighted by Crippen LogP contribution is -2.25. The SMILES string of the molecule is CC(=O)OCCCc1cccc(NCc2ccc3c(c2)NC(=O)CO3)c1. The van der Waals surface area contributed by atoms with Gasteiger partial charge in [-0.25, -0.2) is 0 Å². The number of hydrogen-bond acceptors (Lipinski definition) is 5. The van der Waals surface area contributed by atoms with E-state index < -0.39 is 0 Å². The number of rotatable bonds is 7. The lowest BCUT2D eigenvalue weighted by atomic mass is 10.1. The quantitative estimate of drug-likeness (QED) is 0.590. The van der Waals surface area contributed by atoms with Gasteiger partial charge in [0.1, 0.15) is 5.75 Å². The molecule has 6 heteroatoms. The van der Waals surface area contributed by atoms with Crippen LogP contribution in [0.25, 0.3) is 0 Å². The zero-order valence-corrected chi connectivity index (χ0v) is 14.7. The Morgan fingerprint density at radius 3 is 2.96 bits per heavy atom. The number of amides is 1. The van der Waals surface area contributed by atoms with E-state index in [4.69, 9.17) is 9.47 Å². The van der Waals surface area contributed by atoms with E-state index in [1.54, 1.807) is 0 Å². The number of aryl methyl sites for hydroxylation is 1. The van der Waals surface area contributed by atoms with Crippen molar-refractivity contribution in [2.24, 2.45) is 0 Å². The minimum Gasteiger partial charge on any atom is -0.482 e. The van der Waals surface area contributed by atoms with Gasteiger partial charge in [0.05, 0.1) is 12.3 Å². The molecule has 6 nitrogen and oxygen atoms in total. The molecule has 136 valence electrons. The van der Waals surface area contributed by atoms with Crippen molar-refractivity contribution in [1.82, 2.24) is 0 Å². The Labute approximate surface area is 152 Å². The second-order valence-corrected chi connectivity index (χ2v) is 6.16. The lowest BCUT2D eigenvalue weighted by molar-refractivity contribution is -0.141. The molecule has 3 rings (SSSR count). The number of hydrogen-bond donors (Lipinski definition) is 2. The predicted molar refractivity (Wildman–Crippen MR) is 99.3 cm³/mol. The molecule has 1 heterocycles. The number of carbonyl (C=O) groups is 2. The second kappa shape index (κ2) is 8.38. The van der Waals surface area contributed by atoms with Crippen LogP contribution in [0.4, 0.5) is 11.4 Å². The maximum absolute atomic E-state index is 11.4. The number of ether oxygens (including phenoxy) is 2. The highest BCUT2D eigenvalue weighted by Crippen LogP contribution is 2.28. The second-order valence-electron chi connectivity index (χ2n) is 6.16. The predicted octanol–water partition coefficient (Wildman–Crippen LogP) is 3.13. The zero-order valence-electron chi connectivity index (χ0n) is 14.7. The van der Waals surface area contributed by atoms with Gasteiger partial charge in [-0.2, -0.15) is 0 Å². The van der Waals surface area contributed by atoms with E-state index in [1.165, 1.54) is 12.5 Å². The van der Waals surface area contributed by atoms with Crippen LogP contribution >= 0.6 is 0 Å². The molecule has 1 aliphatic rings. The molecule has 0 bridgehead atoms. The Balaban J connectivity index is 1.55. The fraction of sp³-hybridized carbons (Fsp3) is 0.300. The Kier molecular flexibility index (Phi) is 5.73. The maximum atomic E-state index is 11.4. The lowest BCUT2D eigenvalue weighted by Gasteiger charge is -2.18. The summed E-state index contributed by atoms with van der Waals surface area (Å²) in [4.78, 5) is 22.2. The van der Waals surface area contributed by atoms with Crippen molar-refractivity contribution in [3.8, 4) is 5.75 Å². The highest BCUT2D eigenvalue weighted by atomic mass is 16.5. The van der Waals surface area contributed by atoms with E-state index in [1.807, 2.05) is 30.3 Å². The van der Waals surface area contributed by atoms with Gasteiger partial charge in [-0.05, 0) is 48.2 Å². The van der Waals surface area contributed by atoms with E-state index in [2.05, 4.69) is 22.8 Å². The smallest absolute Gasteiger partial charge is 0.302 e. The summed E-state index contributed by atoms with van der Waals surface area (Å²) < 4.78 is 10.3. The number of nitrogens with one attached hydrogen (secondary N) is 2. The summed E-state index contributed by atoms with van der Waals surface area (Å²) in [6, 6.07) is 13.9. The first-order chi connectivity index (χ1) is 12.6. The summed E-state index contributed by atoms with van der Waals surface area (Å²) in [5, 5.41) is 6.21. The zero-order chi connectivity index (χ0) is 18.4. The van der Waals surface area contributed by atoms with Gasteiger partial charge < -0.3 is 20.1 Å². The summed E-state index contributed by atoms with van der Waals surface area (Å²) in [6.07, 6.45) is 1.65. The van der Waals surface area contributed by atoms with E-state index in [0.29, 0.717) is 24.6 Å². The fourth-order valence-electron chi connectivity index (χ4n) is 2.77. The van der Waals surface area contributed by atoms with Crippen LogP contribution < -0.4 is 15.4 Å². The normalized spacial score (nSPS) is 12.6.